The third-order valence-electron chi connectivity index (χ3n) is 6.53. The summed E-state index contributed by atoms with van der Waals surface area (Å²) < 4.78 is 16.0. The second-order valence-electron chi connectivity index (χ2n) is 8.83. The Bertz CT molecular complexity index is 1520. The van der Waals surface area contributed by atoms with Crippen LogP contribution in [0.2, 0.25) is 0 Å². The molecule has 0 spiro atoms. The SMILES string of the molecule is N#Cc1ccc2c(c1)c(-c1ccc3cc(OCCn4ccnc4)ccc3c1)nn2C1CCCCO1. The number of imidazole rings is 1. The molecule has 0 bridgehead atoms. The zero-order valence-corrected chi connectivity index (χ0v) is 19.3. The van der Waals surface area contributed by atoms with Gasteiger partial charge in [-0.15, -0.1) is 0 Å². The van der Waals surface area contributed by atoms with Crippen molar-refractivity contribution in [2.75, 3.05) is 13.2 Å². The Morgan fingerprint density at radius 3 is 2.80 bits per heavy atom. The summed E-state index contributed by atoms with van der Waals surface area (Å²) in [6.07, 6.45) is 8.56. The van der Waals surface area contributed by atoms with Gasteiger partial charge in [-0.3, -0.25) is 0 Å². The van der Waals surface area contributed by atoms with Crippen LogP contribution in [0.5, 0.6) is 5.75 Å². The second-order valence-corrected chi connectivity index (χ2v) is 8.83. The van der Waals surface area contributed by atoms with Crippen molar-refractivity contribution in [3.63, 3.8) is 0 Å². The third-order valence-corrected chi connectivity index (χ3v) is 6.53. The van der Waals surface area contributed by atoms with Gasteiger partial charge in [-0.1, -0.05) is 18.2 Å². The Morgan fingerprint density at radius 2 is 1.97 bits per heavy atom. The Labute approximate surface area is 203 Å². The number of hydrogen-bond acceptors (Lipinski definition) is 5. The van der Waals surface area contributed by atoms with Crippen molar-refractivity contribution in [1.29, 1.82) is 5.26 Å². The molecule has 7 nitrogen and oxygen atoms in total. The Balaban J connectivity index is 1.33. The number of fused-ring (bicyclic) bond motifs is 2. The van der Waals surface area contributed by atoms with E-state index in [1.54, 1.807) is 12.5 Å². The molecule has 5 aromatic rings. The smallest absolute Gasteiger partial charge is 0.150 e. The lowest BCUT2D eigenvalue weighted by Crippen LogP contribution is -2.19. The fourth-order valence-corrected chi connectivity index (χ4v) is 4.71. The first-order valence-electron chi connectivity index (χ1n) is 12.0. The number of hydrogen-bond donors (Lipinski definition) is 0. The highest BCUT2D eigenvalue weighted by Gasteiger charge is 2.22. The summed E-state index contributed by atoms with van der Waals surface area (Å²) in [6.45, 7) is 2.08. The number of rotatable bonds is 6. The van der Waals surface area contributed by atoms with Crippen molar-refractivity contribution in [3.05, 3.63) is 78.9 Å². The topological polar surface area (TPSA) is 77.9 Å². The summed E-state index contributed by atoms with van der Waals surface area (Å²) in [5.41, 5.74) is 3.50. The number of nitrogens with zero attached hydrogens (tertiary/aromatic N) is 5. The van der Waals surface area contributed by atoms with Crippen LogP contribution in [0.15, 0.2) is 73.3 Å². The van der Waals surface area contributed by atoms with Crippen LogP contribution >= 0.6 is 0 Å². The second kappa shape index (κ2) is 9.24. The van der Waals surface area contributed by atoms with Crippen LogP contribution in [-0.2, 0) is 11.3 Å². The first kappa shape index (κ1) is 21.4. The van der Waals surface area contributed by atoms with Gasteiger partial charge < -0.3 is 14.0 Å². The average molecular weight is 464 g/mol. The quantitative estimate of drug-likeness (QED) is 0.323. The van der Waals surface area contributed by atoms with Gasteiger partial charge in [0.15, 0.2) is 6.23 Å². The Hall–Kier alpha value is -4.15. The molecule has 2 aromatic heterocycles. The average Bonchev–Trinajstić information content (AvgIpc) is 3.56. The number of nitriles is 1. The monoisotopic (exact) mass is 463 g/mol. The summed E-state index contributed by atoms with van der Waals surface area (Å²) in [7, 11) is 0. The van der Waals surface area contributed by atoms with Crippen LogP contribution in [0.3, 0.4) is 0 Å². The summed E-state index contributed by atoms with van der Waals surface area (Å²) >= 11 is 0. The minimum atomic E-state index is -0.0737. The van der Waals surface area contributed by atoms with E-state index in [0.717, 1.165) is 71.1 Å². The maximum Gasteiger partial charge on any atom is 0.150 e. The van der Waals surface area contributed by atoms with E-state index >= 15 is 0 Å². The van der Waals surface area contributed by atoms with E-state index in [-0.39, 0.29) is 6.23 Å². The van der Waals surface area contributed by atoms with Gasteiger partial charge in [-0.25, -0.2) is 9.67 Å². The molecule has 0 N–H and O–H groups in total. The summed E-state index contributed by atoms with van der Waals surface area (Å²) in [5, 5.41) is 17.7. The molecule has 3 heterocycles. The van der Waals surface area contributed by atoms with E-state index < -0.39 is 0 Å². The molecule has 0 amide bonds. The lowest BCUT2D eigenvalue weighted by molar-refractivity contribution is -0.0365. The molecule has 1 unspecified atom stereocenters. The molecule has 0 aliphatic carbocycles. The van der Waals surface area contributed by atoms with Gasteiger partial charge in [0.2, 0.25) is 0 Å². The van der Waals surface area contributed by atoms with Gasteiger partial charge in [-0.05, 0) is 66.4 Å². The first-order chi connectivity index (χ1) is 17.3. The van der Waals surface area contributed by atoms with Crippen LogP contribution < -0.4 is 4.74 Å². The number of aromatic nitrogens is 4. The van der Waals surface area contributed by atoms with Crippen molar-refractivity contribution in [3.8, 4) is 23.1 Å². The molecule has 7 heteroatoms. The van der Waals surface area contributed by atoms with E-state index in [1.807, 2.05) is 39.7 Å². The predicted molar refractivity (Wildman–Crippen MR) is 134 cm³/mol. The molecule has 6 rings (SSSR count). The molecule has 3 aromatic carbocycles. The largest absolute Gasteiger partial charge is 0.492 e. The molecular weight excluding hydrogens is 438 g/mol. The first-order valence-corrected chi connectivity index (χ1v) is 12.0. The summed E-state index contributed by atoms with van der Waals surface area (Å²) in [6, 6.07) is 20.5. The van der Waals surface area contributed by atoms with Crippen molar-refractivity contribution < 1.29 is 9.47 Å². The van der Waals surface area contributed by atoms with Crippen molar-refractivity contribution in [2.24, 2.45) is 0 Å². The third kappa shape index (κ3) is 4.25. The van der Waals surface area contributed by atoms with Gasteiger partial charge in [0.1, 0.15) is 18.1 Å². The van der Waals surface area contributed by atoms with E-state index in [2.05, 4.69) is 41.4 Å². The predicted octanol–water partition coefficient (Wildman–Crippen LogP) is 5.70. The highest BCUT2D eigenvalue weighted by Crippen LogP contribution is 2.35. The standard InChI is InChI=1S/C28H25N5O2/c29-18-20-4-9-26-25(15-20)28(31-33(26)27-3-1-2-13-35-27)23-6-5-22-17-24(8-7-21(22)16-23)34-14-12-32-11-10-30-19-32/h4-11,15-17,19,27H,1-3,12-14H2. The molecule has 1 atom stereocenters. The van der Waals surface area contributed by atoms with Crippen molar-refractivity contribution >= 4 is 21.7 Å². The maximum atomic E-state index is 9.48. The molecule has 0 radical (unpaired) electrons. The fraction of sp³-hybridized carbons (Fsp3) is 0.250. The minimum absolute atomic E-state index is 0.0737. The Morgan fingerprint density at radius 1 is 1.06 bits per heavy atom. The molecule has 35 heavy (non-hydrogen) atoms. The van der Waals surface area contributed by atoms with Gasteiger partial charge in [0, 0.05) is 30.0 Å². The lowest BCUT2D eigenvalue weighted by Gasteiger charge is -2.23. The van der Waals surface area contributed by atoms with Crippen molar-refractivity contribution in [1.82, 2.24) is 19.3 Å². The van der Waals surface area contributed by atoms with E-state index in [4.69, 9.17) is 14.6 Å². The molecular formula is C28H25N5O2. The maximum absolute atomic E-state index is 9.48. The summed E-state index contributed by atoms with van der Waals surface area (Å²) in [5.74, 6) is 0.841. The highest BCUT2D eigenvalue weighted by atomic mass is 16.5. The van der Waals surface area contributed by atoms with Crippen LogP contribution in [0.1, 0.15) is 31.1 Å². The van der Waals surface area contributed by atoms with Crippen LogP contribution in [-0.4, -0.2) is 32.5 Å². The minimum Gasteiger partial charge on any atom is -0.492 e. The molecule has 1 aliphatic rings. The van der Waals surface area contributed by atoms with Crippen molar-refractivity contribution in [2.45, 2.75) is 32.0 Å². The lowest BCUT2D eigenvalue weighted by atomic mass is 10.0. The number of benzene rings is 3. The normalized spacial score (nSPS) is 15.9. The van der Waals surface area contributed by atoms with Gasteiger partial charge in [0.05, 0.1) is 30.0 Å². The Kier molecular flexibility index (Phi) is 5.65. The molecule has 1 fully saturated rings. The van der Waals surface area contributed by atoms with Crippen LogP contribution in [0.4, 0.5) is 0 Å². The van der Waals surface area contributed by atoms with E-state index in [9.17, 15) is 5.26 Å². The summed E-state index contributed by atoms with van der Waals surface area (Å²) in [4.78, 5) is 4.06. The molecule has 0 saturated carbocycles. The zero-order valence-electron chi connectivity index (χ0n) is 19.3. The fourth-order valence-electron chi connectivity index (χ4n) is 4.71. The molecule has 1 saturated heterocycles. The highest BCUT2D eigenvalue weighted by molar-refractivity contribution is 5.97. The van der Waals surface area contributed by atoms with E-state index in [1.165, 1.54) is 0 Å². The zero-order chi connectivity index (χ0) is 23.6. The van der Waals surface area contributed by atoms with Crippen LogP contribution in [0, 0.1) is 11.3 Å². The molecule has 174 valence electrons. The number of ether oxygens (including phenoxy) is 2. The van der Waals surface area contributed by atoms with Crippen LogP contribution in [0.25, 0.3) is 32.9 Å². The molecule has 1 aliphatic heterocycles. The van der Waals surface area contributed by atoms with Gasteiger partial charge >= 0.3 is 0 Å². The van der Waals surface area contributed by atoms with Gasteiger partial charge in [-0.2, -0.15) is 10.4 Å². The van der Waals surface area contributed by atoms with E-state index in [0.29, 0.717) is 12.2 Å². The van der Waals surface area contributed by atoms with Gasteiger partial charge in [0.25, 0.3) is 0 Å².